The van der Waals surface area contributed by atoms with Gasteiger partial charge in [-0.3, -0.25) is 0 Å². The van der Waals surface area contributed by atoms with Crippen LogP contribution in [-0.2, 0) is 11.2 Å². The molecule has 0 aromatic heterocycles. The molecule has 1 fully saturated rings. The molecule has 1 saturated heterocycles. The number of allylic oxidation sites excluding steroid dienone is 1. The fraction of sp³-hybridized carbons (Fsp3) is 0.394. The predicted molar refractivity (Wildman–Crippen MR) is 161 cm³/mol. The van der Waals surface area contributed by atoms with Crippen LogP contribution < -0.4 is 9.47 Å². The van der Waals surface area contributed by atoms with Gasteiger partial charge < -0.3 is 14.2 Å². The van der Waals surface area contributed by atoms with Gasteiger partial charge in [0.2, 0.25) is 0 Å². The molecule has 2 unspecified atom stereocenters. The van der Waals surface area contributed by atoms with Crippen LogP contribution in [0, 0.1) is 0 Å². The van der Waals surface area contributed by atoms with Gasteiger partial charge in [0, 0.05) is 15.9 Å². The van der Waals surface area contributed by atoms with Gasteiger partial charge in [0.1, 0.15) is 11.5 Å². The van der Waals surface area contributed by atoms with Crippen LogP contribution in [0.4, 0.5) is 0 Å². The number of rotatable bonds is 9. The number of hydrogen-bond acceptors (Lipinski definition) is 3. The summed E-state index contributed by atoms with van der Waals surface area (Å²) in [5, 5.41) is 0. The molecule has 0 N–H and O–H groups in total. The van der Waals surface area contributed by atoms with Crippen LogP contribution in [-0.4, -0.2) is 23.4 Å². The van der Waals surface area contributed by atoms with E-state index in [1.807, 2.05) is 0 Å². The van der Waals surface area contributed by atoms with Crippen LogP contribution in [0.2, 0.25) is 0 Å². The Bertz CT molecular complexity index is 1200. The van der Waals surface area contributed by atoms with Crippen molar-refractivity contribution < 1.29 is 14.2 Å². The van der Waals surface area contributed by atoms with Gasteiger partial charge in [-0.15, -0.1) is 0 Å². The fourth-order valence-electron chi connectivity index (χ4n) is 5.37. The number of hydrogen-bond donors (Lipinski definition) is 0. The van der Waals surface area contributed by atoms with E-state index in [0.717, 1.165) is 76.1 Å². The molecule has 1 aliphatic carbocycles. The summed E-state index contributed by atoms with van der Waals surface area (Å²) in [4.78, 5) is 0. The molecule has 1 heterocycles. The lowest BCUT2D eigenvalue weighted by Gasteiger charge is -2.24. The Morgan fingerprint density at radius 1 is 0.919 bits per heavy atom. The van der Waals surface area contributed by atoms with Crippen molar-refractivity contribution in [3.05, 3.63) is 95.1 Å². The maximum absolute atomic E-state index is 6.43. The quantitative estimate of drug-likeness (QED) is 0.138. The Morgan fingerprint density at radius 3 is 2.57 bits per heavy atom. The van der Waals surface area contributed by atoms with Crippen molar-refractivity contribution in [2.75, 3.05) is 13.2 Å². The third-order valence-electron chi connectivity index (χ3n) is 7.21. The molecule has 0 spiro atoms. The van der Waals surface area contributed by atoms with Gasteiger partial charge in [-0.2, -0.15) is 0 Å². The van der Waals surface area contributed by atoms with E-state index in [1.54, 1.807) is 0 Å². The lowest BCUT2D eigenvalue weighted by molar-refractivity contribution is -0.105. The Kier molecular flexibility index (Phi) is 9.22. The Hall–Kier alpha value is -2.31. The first kappa shape index (κ1) is 26.3. The number of para-hydroxylation sites is 1. The van der Waals surface area contributed by atoms with Crippen molar-refractivity contribution in [3.63, 3.8) is 0 Å². The van der Waals surface area contributed by atoms with E-state index < -0.39 is 0 Å². The molecule has 2 aliphatic rings. The van der Waals surface area contributed by atoms with Crippen molar-refractivity contribution in [1.82, 2.24) is 0 Å². The number of fused-ring (bicyclic) bond motifs is 1. The first-order valence-corrected chi connectivity index (χ1v) is 15.0. The minimum atomic E-state index is -0.133. The third-order valence-corrected chi connectivity index (χ3v) is 7.83. The van der Waals surface area contributed by atoms with E-state index in [9.17, 15) is 0 Å². The van der Waals surface area contributed by atoms with Gasteiger partial charge in [0.15, 0.2) is 6.29 Å². The molecule has 37 heavy (non-hydrogen) atoms. The molecule has 5 rings (SSSR count). The summed E-state index contributed by atoms with van der Waals surface area (Å²) in [5.41, 5.74) is 7.76. The van der Waals surface area contributed by atoms with E-state index in [2.05, 4.69) is 102 Å². The predicted octanol–water partition coefficient (Wildman–Crippen LogP) is 8.87. The monoisotopic (exact) mass is 608 g/mol. The zero-order valence-electron chi connectivity index (χ0n) is 21.8. The molecular weight excluding hydrogens is 571 g/mol. The summed E-state index contributed by atoms with van der Waals surface area (Å²) >= 11 is 2.49. The molecule has 3 aromatic carbocycles. The normalized spacial score (nSPS) is 18.6. The fourth-order valence-corrected chi connectivity index (χ4v) is 5.82. The van der Waals surface area contributed by atoms with E-state index in [-0.39, 0.29) is 6.29 Å². The van der Waals surface area contributed by atoms with Crippen LogP contribution in [0.5, 0.6) is 11.5 Å². The van der Waals surface area contributed by atoms with Crippen LogP contribution in [0.25, 0.3) is 11.1 Å². The van der Waals surface area contributed by atoms with Crippen LogP contribution in [0.1, 0.15) is 74.1 Å². The topological polar surface area (TPSA) is 27.7 Å². The molecule has 0 bridgehead atoms. The van der Waals surface area contributed by atoms with Gasteiger partial charge in [-0.25, -0.2) is 0 Å². The van der Waals surface area contributed by atoms with Crippen LogP contribution in [0.3, 0.4) is 0 Å². The van der Waals surface area contributed by atoms with Crippen molar-refractivity contribution in [2.24, 2.45) is 0 Å². The summed E-state index contributed by atoms with van der Waals surface area (Å²) in [6.45, 7) is 3.78. The molecule has 3 aromatic rings. The largest absolute Gasteiger partial charge is 0.493 e. The number of ether oxygens (including phenoxy) is 3. The Morgan fingerprint density at radius 2 is 1.76 bits per heavy atom. The first-order valence-electron chi connectivity index (χ1n) is 13.8. The molecular formula is C33H37IO3. The van der Waals surface area contributed by atoms with Gasteiger partial charge in [0.05, 0.1) is 13.2 Å². The Balaban J connectivity index is 1.55. The lowest BCUT2D eigenvalue weighted by Crippen LogP contribution is -2.25. The highest BCUT2D eigenvalue weighted by Crippen LogP contribution is 2.43. The summed E-state index contributed by atoms with van der Waals surface area (Å²) in [6.07, 6.45) is 8.48. The van der Waals surface area contributed by atoms with Crippen molar-refractivity contribution in [1.29, 1.82) is 0 Å². The van der Waals surface area contributed by atoms with E-state index >= 15 is 0 Å². The number of benzene rings is 3. The minimum absolute atomic E-state index is 0.133. The smallest absolute Gasteiger partial charge is 0.199 e. The number of halogens is 1. The summed E-state index contributed by atoms with van der Waals surface area (Å²) in [6, 6.07) is 26.0. The second-order valence-corrected chi connectivity index (χ2v) is 12.2. The number of aryl methyl sites for hydroxylation is 1. The SMILES string of the molecule is CC(I)CCCOc1ccccc1C1=C(c2ccccc2)CCCc2cc(OC3CCCCO3)ccc21. The van der Waals surface area contributed by atoms with Crippen LogP contribution in [0.15, 0.2) is 72.8 Å². The molecule has 0 amide bonds. The second kappa shape index (κ2) is 13.0. The standard InChI is InChI=1S/C33H37IO3/c1-24(34)11-10-22-35-31-17-6-5-15-30(31)33-28(25-12-3-2-4-13-25)16-9-14-26-23-27(19-20-29(26)33)37-32-18-7-8-21-36-32/h2-6,12-13,15,17,19-20,23-24,32H,7-11,14,16,18,21-22H2,1H3. The lowest BCUT2D eigenvalue weighted by atomic mass is 9.87. The molecule has 4 heteroatoms. The average molecular weight is 609 g/mol. The second-order valence-electron chi connectivity index (χ2n) is 10.1. The van der Waals surface area contributed by atoms with Crippen molar-refractivity contribution in [3.8, 4) is 11.5 Å². The highest BCUT2D eigenvalue weighted by atomic mass is 127. The first-order chi connectivity index (χ1) is 18.2. The van der Waals surface area contributed by atoms with E-state index in [1.165, 1.54) is 33.4 Å². The van der Waals surface area contributed by atoms with Crippen molar-refractivity contribution >= 4 is 33.7 Å². The highest BCUT2D eigenvalue weighted by molar-refractivity contribution is 14.1. The maximum atomic E-state index is 6.43. The Labute approximate surface area is 235 Å². The van der Waals surface area contributed by atoms with Gasteiger partial charge in [0.25, 0.3) is 0 Å². The average Bonchev–Trinajstić information content (AvgIpc) is 3.11. The summed E-state index contributed by atoms with van der Waals surface area (Å²) in [5.74, 6) is 1.88. The van der Waals surface area contributed by atoms with Gasteiger partial charge in [-0.1, -0.05) is 84.1 Å². The zero-order valence-corrected chi connectivity index (χ0v) is 23.9. The van der Waals surface area contributed by atoms with Gasteiger partial charge >= 0.3 is 0 Å². The zero-order chi connectivity index (χ0) is 25.5. The van der Waals surface area contributed by atoms with E-state index in [4.69, 9.17) is 14.2 Å². The molecule has 0 radical (unpaired) electrons. The van der Waals surface area contributed by atoms with Crippen LogP contribution >= 0.6 is 22.6 Å². The van der Waals surface area contributed by atoms with Crippen molar-refractivity contribution in [2.45, 2.75) is 68.5 Å². The maximum Gasteiger partial charge on any atom is 0.199 e. The number of alkyl halides is 1. The summed E-state index contributed by atoms with van der Waals surface area (Å²) < 4.78 is 19.2. The van der Waals surface area contributed by atoms with E-state index in [0.29, 0.717) is 3.92 Å². The minimum Gasteiger partial charge on any atom is -0.493 e. The highest BCUT2D eigenvalue weighted by Gasteiger charge is 2.24. The summed E-state index contributed by atoms with van der Waals surface area (Å²) in [7, 11) is 0. The molecule has 0 saturated carbocycles. The molecule has 1 aliphatic heterocycles. The van der Waals surface area contributed by atoms with Gasteiger partial charge in [-0.05, 0) is 91.0 Å². The third kappa shape index (κ3) is 6.77. The molecule has 194 valence electrons. The molecule has 3 nitrogen and oxygen atoms in total. The molecule has 2 atom stereocenters.